The van der Waals surface area contributed by atoms with Crippen LogP contribution in [0.25, 0.3) is 0 Å². The topological polar surface area (TPSA) is 38.7 Å². The number of halogens is 1. The Morgan fingerprint density at radius 2 is 1.80 bits per heavy atom. The first-order chi connectivity index (χ1) is 9.50. The molecule has 110 valence electrons. The second kappa shape index (κ2) is 5.10. The number of aryl methyl sites for hydroxylation is 1. The van der Waals surface area contributed by atoms with E-state index in [1.807, 2.05) is 6.92 Å². The molecule has 1 saturated heterocycles. The third kappa shape index (κ3) is 2.73. The number of benzene rings is 1. The Hall–Kier alpha value is -0.970. The molecular weight excluding hydrogens is 259 g/mol. The first-order valence-corrected chi connectivity index (χ1v) is 7.26. The number of aliphatic hydroxyl groups is 1. The highest BCUT2D eigenvalue weighted by Gasteiger charge is 2.45. The van der Waals surface area contributed by atoms with Gasteiger partial charge in [-0.25, -0.2) is 4.39 Å². The van der Waals surface area contributed by atoms with E-state index < -0.39 is 11.4 Å². The van der Waals surface area contributed by atoms with Crippen LogP contribution in [0.15, 0.2) is 18.2 Å². The summed E-state index contributed by atoms with van der Waals surface area (Å²) in [6.07, 6.45) is 3.16. The Morgan fingerprint density at radius 3 is 2.45 bits per heavy atom. The highest BCUT2D eigenvalue weighted by Crippen LogP contribution is 2.41. The lowest BCUT2D eigenvalue weighted by Crippen LogP contribution is -2.44. The second-order valence-corrected chi connectivity index (χ2v) is 6.08. The van der Waals surface area contributed by atoms with Gasteiger partial charge >= 0.3 is 0 Å². The van der Waals surface area contributed by atoms with Crippen molar-refractivity contribution in [2.75, 3.05) is 13.2 Å². The molecule has 0 amide bonds. The van der Waals surface area contributed by atoms with Crippen LogP contribution in [0, 0.1) is 12.7 Å². The monoisotopic (exact) mass is 280 g/mol. The van der Waals surface area contributed by atoms with Crippen LogP contribution in [0.3, 0.4) is 0 Å². The van der Waals surface area contributed by atoms with Gasteiger partial charge in [-0.2, -0.15) is 0 Å². The van der Waals surface area contributed by atoms with Gasteiger partial charge in [-0.05, 0) is 43.0 Å². The van der Waals surface area contributed by atoms with E-state index in [1.165, 1.54) is 12.1 Å². The van der Waals surface area contributed by atoms with E-state index >= 15 is 0 Å². The van der Waals surface area contributed by atoms with Gasteiger partial charge in [0.1, 0.15) is 5.82 Å². The van der Waals surface area contributed by atoms with E-state index in [-0.39, 0.29) is 5.82 Å². The van der Waals surface area contributed by atoms with Crippen molar-refractivity contribution in [3.8, 4) is 0 Å². The van der Waals surface area contributed by atoms with Crippen molar-refractivity contribution in [1.82, 2.24) is 0 Å². The van der Waals surface area contributed by atoms with Gasteiger partial charge in [0.05, 0.1) is 18.8 Å². The van der Waals surface area contributed by atoms with Gasteiger partial charge in [-0.3, -0.25) is 0 Å². The molecule has 1 aliphatic heterocycles. The molecule has 2 aliphatic rings. The minimum atomic E-state index is -0.779. The molecule has 4 heteroatoms. The summed E-state index contributed by atoms with van der Waals surface area (Å²) in [5.41, 5.74) is 1.13. The molecule has 0 bridgehead atoms. The van der Waals surface area contributed by atoms with E-state index in [2.05, 4.69) is 0 Å². The average molecular weight is 280 g/mol. The van der Waals surface area contributed by atoms with Crippen molar-refractivity contribution in [2.45, 2.75) is 50.4 Å². The maximum Gasteiger partial charge on any atom is 0.168 e. The van der Waals surface area contributed by atoms with E-state index in [0.717, 1.165) is 11.1 Å². The lowest BCUT2D eigenvalue weighted by atomic mass is 9.77. The summed E-state index contributed by atoms with van der Waals surface area (Å²) in [4.78, 5) is 0. The number of hydrogen-bond donors (Lipinski definition) is 1. The molecule has 2 fully saturated rings. The largest absolute Gasteiger partial charge is 0.390 e. The summed E-state index contributed by atoms with van der Waals surface area (Å²) in [5, 5.41) is 10.8. The van der Waals surface area contributed by atoms with Gasteiger partial charge in [0.2, 0.25) is 0 Å². The molecule has 1 spiro atoms. The molecule has 1 N–H and O–H groups in total. The van der Waals surface area contributed by atoms with Crippen LogP contribution in [0.1, 0.15) is 36.8 Å². The molecule has 1 heterocycles. The van der Waals surface area contributed by atoms with Crippen LogP contribution < -0.4 is 0 Å². The summed E-state index contributed by atoms with van der Waals surface area (Å²) in [6, 6.07) is 4.75. The molecule has 0 unspecified atom stereocenters. The zero-order valence-corrected chi connectivity index (χ0v) is 11.8. The molecule has 1 aromatic carbocycles. The Morgan fingerprint density at radius 1 is 1.15 bits per heavy atom. The molecular formula is C16H21FO3. The number of ether oxygens (including phenoxy) is 2. The Balaban J connectivity index is 1.70. The molecule has 0 radical (unpaired) electrons. The van der Waals surface area contributed by atoms with Crippen molar-refractivity contribution in [2.24, 2.45) is 0 Å². The highest BCUT2D eigenvalue weighted by atomic mass is 19.1. The summed E-state index contributed by atoms with van der Waals surface area (Å²) in [6.45, 7) is 3.23. The smallest absolute Gasteiger partial charge is 0.168 e. The Kier molecular flexibility index (Phi) is 3.56. The highest BCUT2D eigenvalue weighted by molar-refractivity contribution is 5.28. The van der Waals surface area contributed by atoms with Crippen molar-refractivity contribution in [1.29, 1.82) is 0 Å². The van der Waals surface area contributed by atoms with Gasteiger partial charge in [-0.1, -0.05) is 6.07 Å². The van der Waals surface area contributed by atoms with Gasteiger partial charge < -0.3 is 14.6 Å². The molecule has 3 nitrogen and oxygen atoms in total. The zero-order chi connectivity index (χ0) is 14.2. The predicted molar refractivity (Wildman–Crippen MR) is 72.9 cm³/mol. The molecule has 1 saturated carbocycles. The third-order valence-corrected chi connectivity index (χ3v) is 4.59. The molecule has 3 rings (SSSR count). The van der Waals surface area contributed by atoms with E-state index in [4.69, 9.17) is 9.47 Å². The second-order valence-electron chi connectivity index (χ2n) is 6.08. The fourth-order valence-corrected chi connectivity index (χ4v) is 3.24. The first-order valence-electron chi connectivity index (χ1n) is 7.26. The molecule has 1 aliphatic carbocycles. The normalized spacial score (nSPS) is 24.1. The van der Waals surface area contributed by atoms with Crippen LogP contribution in [0.5, 0.6) is 0 Å². The van der Waals surface area contributed by atoms with Crippen molar-refractivity contribution >= 4 is 0 Å². The standard InChI is InChI=1S/C16H21FO3/c1-12-2-3-14(17)10-13(12)11-15(18)4-6-16(7-5-15)19-8-9-20-16/h2-3,10,18H,4-9,11H2,1H3. The first kappa shape index (κ1) is 14.0. The maximum absolute atomic E-state index is 13.3. The summed E-state index contributed by atoms with van der Waals surface area (Å²) in [7, 11) is 0. The van der Waals surface area contributed by atoms with E-state index in [9.17, 15) is 9.50 Å². The SMILES string of the molecule is Cc1ccc(F)cc1CC1(O)CCC2(CC1)OCCO2. The third-order valence-electron chi connectivity index (χ3n) is 4.59. The molecule has 20 heavy (non-hydrogen) atoms. The molecule has 0 aromatic heterocycles. The van der Waals surface area contributed by atoms with E-state index in [1.54, 1.807) is 6.07 Å². The van der Waals surface area contributed by atoms with Gasteiger partial charge in [0, 0.05) is 19.3 Å². The summed E-state index contributed by atoms with van der Waals surface area (Å²) >= 11 is 0. The minimum absolute atomic E-state index is 0.246. The minimum Gasteiger partial charge on any atom is -0.390 e. The predicted octanol–water partition coefficient (Wildman–Crippen LogP) is 2.72. The van der Waals surface area contributed by atoms with Gasteiger partial charge in [-0.15, -0.1) is 0 Å². The average Bonchev–Trinajstić information content (AvgIpc) is 2.87. The lowest BCUT2D eigenvalue weighted by Gasteiger charge is -2.40. The molecule has 1 aromatic rings. The Bertz CT molecular complexity index is 484. The zero-order valence-electron chi connectivity index (χ0n) is 11.8. The van der Waals surface area contributed by atoms with Crippen LogP contribution in [0.2, 0.25) is 0 Å². The fourth-order valence-electron chi connectivity index (χ4n) is 3.24. The van der Waals surface area contributed by atoms with Crippen LogP contribution in [-0.2, 0) is 15.9 Å². The summed E-state index contributed by atoms with van der Waals surface area (Å²) < 4.78 is 24.7. The lowest BCUT2D eigenvalue weighted by molar-refractivity contribution is -0.202. The summed E-state index contributed by atoms with van der Waals surface area (Å²) in [5.74, 6) is -0.715. The Labute approximate surface area is 118 Å². The fraction of sp³-hybridized carbons (Fsp3) is 0.625. The number of hydrogen-bond acceptors (Lipinski definition) is 3. The van der Waals surface area contributed by atoms with Gasteiger partial charge in [0.25, 0.3) is 0 Å². The van der Waals surface area contributed by atoms with Crippen LogP contribution in [-0.4, -0.2) is 29.7 Å². The van der Waals surface area contributed by atoms with Crippen molar-refractivity contribution in [3.63, 3.8) is 0 Å². The number of rotatable bonds is 2. The molecule has 0 atom stereocenters. The van der Waals surface area contributed by atoms with Crippen LogP contribution >= 0.6 is 0 Å². The van der Waals surface area contributed by atoms with Crippen molar-refractivity contribution < 1.29 is 19.0 Å². The maximum atomic E-state index is 13.3. The van der Waals surface area contributed by atoms with Gasteiger partial charge in [0.15, 0.2) is 5.79 Å². The quantitative estimate of drug-likeness (QED) is 0.905. The van der Waals surface area contributed by atoms with Crippen molar-refractivity contribution in [3.05, 3.63) is 35.1 Å². The van der Waals surface area contributed by atoms with E-state index in [0.29, 0.717) is 45.3 Å². The van der Waals surface area contributed by atoms with Crippen LogP contribution in [0.4, 0.5) is 4.39 Å².